The van der Waals surface area contributed by atoms with Crippen molar-refractivity contribution in [2.45, 2.75) is 39.5 Å². The Morgan fingerprint density at radius 3 is 2.21 bits per heavy atom. The van der Waals surface area contributed by atoms with Crippen LogP contribution in [0.2, 0.25) is 0 Å². The highest BCUT2D eigenvalue weighted by Gasteiger charge is 2.29. The van der Waals surface area contributed by atoms with E-state index in [4.69, 9.17) is 9.47 Å². The number of aryl methyl sites for hydroxylation is 1. The zero-order valence-electron chi connectivity index (χ0n) is 19.5. The summed E-state index contributed by atoms with van der Waals surface area (Å²) in [5.74, 6) is -0.461. The van der Waals surface area contributed by atoms with Crippen molar-refractivity contribution in [3.63, 3.8) is 0 Å². The van der Waals surface area contributed by atoms with Crippen molar-refractivity contribution in [1.82, 2.24) is 0 Å². The fourth-order valence-corrected chi connectivity index (χ4v) is 4.11. The van der Waals surface area contributed by atoms with Crippen molar-refractivity contribution in [2.24, 2.45) is 0 Å². The molecule has 0 aromatic heterocycles. The second kappa shape index (κ2) is 9.07. The molecule has 0 aliphatic heterocycles. The Hall–Kier alpha value is -3.66. The lowest BCUT2D eigenvalue weighted by atomic mass is 9.72. The van der Waals surface area contributed by atoms with Crippen molar-refractivity contribution in [3.05, 3.63) is 106 Å². The predicted octanol–water partition coefficient (Wildman–Crippen LogP) is 6.50. The number of fused-ring (bicyclic) bond motifs is 1. The minimum absolute atomic E-state index is 0.0190. The van der Waals surface area contributed by atoms with Gasteiger partial charge in [0.15, 0.2) is 0 Å². The standard InChI is InChI=1S/C29H28O4/c1-5-32-27(30)21-10-13-23(14-11-21)33-28(31)22-12-15-26-25(18-22)24(16-17-29(26,3)4)20-8-6-19(2)7-9-20/h6-16,18H,5,17H2,1-4H3. The molecular formula is C29H28O4. The minimum Gasteiger partial charge on any atom is -0.462 e. The molecule has 0 saturated carbocycles. The molecule has 0 heterocycles. The van der Waals surface area contributed by atoms with Crippen molar-refractivity contribution < 1.29 is 19.1 Å². The van der Waals surface area contributed by atoms with E-state index < -0.39 is 11.9 Å². The molecule has 0 bridgehead atoms. The molecule has 0 unspecified atom stereocenters. The summed E-state index contributed by atoms with van der Waals surface area (Å²) in [5.41, 5.74) is 6.64. The third-order valence-electron chi connectivity index (χ3n) is 6.03. The summed E-state index contributed by atoms with van der Waals surface area (Å²) >= 11 is 0. The first kappa shape index (κ1) is 22.5. The lowest BCUT2D eigenvalue weighted by molar-refractivity contribution is 0.0526. The fraction of sp³-hybridized carbons (Fsp3) is 0.241. The minimum atomic E-state index is -0.437. The van der Waals surface area contributed by atoms with Crippen LogP contribution < -0.4 is 4.74 Å². The lowest BCUT2D eigenvalue weighted by Crippen LogP contribution is -2.22. The quantitative estimate of drug-likeness (QED) is 0.335. The van der Waals surface area contributed by atoms with E-state index in [1.54, 1.807) is 31.2 Å². The van der Waals surface area contributed by atoms with E-state index in [0.717, 1.165) is 23.1 Å². The third-order valence-corrected chi connectivity index (χ3v) is 6.03. The number of ether oxygens (including phenoxy) is 2. The Kier molecular flexibility index (Phi) is 6.19. The summed E-state index contributed by atoms with van der Waals surface area (Å²) in [7, 11) is 0. The number of hydrogen-bond donors (Lipinski definition) is 0. The Balaban J connectivity index is 1.62. The monoisotopic (exact) mass is 440 g/mol. The number of rotatable bonds is 5. The predicted molar refractivity (Wildman–Crippen MR) is 130 cm³/mol. The molecule has 33 heavy (non-hydrogen) atoms. The van der Waals surface area contributed by atoms with E-state index in [9.17, 15) is 9.59 Å². The van der Waals surface area contributed by atoms with Crippen LogP contribution in [0.3, 0.4) is 0 Å². The van der Waals surface area contributed by atoms with Gasteiger partial charge in [-0.25, -0.2) is 9.59 Å². The van der Waals surface area contributed by atoms with Gasteiger partial charge in [0.2, 0.25) is 0 Å². The van der Waals surface area contributed by atoms with Crippen LogP contribution in [0.4, 0.5) is 0 Å². The molecule has 4 heteroatoms. The van der Waals surface area contributed by atoms with Crippen LogP contribution in [0, 0.1) is 6.92 Å². The summed E-state index contributed by atoms with van der Waals surface area (Å²) < 4.78 is 10.6. The lowest BCUT2D eigenvalue weighted by Gasteiger charge is -2.32. The van der Waals surface area contributed by atoms with Crippen LogP contribution in [-0.2, 0) is 10.2 Å². The van der Waals surface area contributed by atoms with Gasteiger partial charge in [-0.2, -0.15) is 0 Å². The third kappa shape index (κ3) is 4.75. The van der Waals surface area contributed by atoms with Crippen molar-refractivity contribution in [3.8, 4) is 5.75 Å². The Bertz CT molecular complexity index is 1220. The average Bonchev–Trinajstić information content (AvgIpc) is 2.80. The SMILES string of the molecule is CCOC(=O)c1ccc(OC(=O)c2ccc3c(c2)C(c2ccc(C)cc2)=CCC3(C)C)cc1. The molecule has 4 rings (SSSR count). The molecule has 4 nitrogen and oxygen atoms in total. The molecule has 0 saturated heterocycles. The molecule has 0 fully saturated rings. The Labute approximate surface area is 194 Å². The second-order valence-electron chi connectivity index (χ2n) is 8.97. The van der Waals surface area contributed by atoms with Crippen LogP contribution in [0.25, 0.3) is 5.57 Å². The van der Waals surface area contributed by atoms with Gasteiger partial charge in [0.05, 0.1) is 17.7 Å². The highest BCUT2D eigenvalue weighted by atomic mass is 16.5. The summed E-state index contributed by atoms with van der Waals surface area (Å²) in [6.07, 6.45) is 3.19. The molecular weight excluding hydrogens is 412 g/mol. The molecule has 168 valence electrons. The van der Waals surface area contributed by atoms with E-state index in [1.807, 2.05) is 18.2 Å². The number of esters is 2. The summed E-state index contributed by atoms with van der Waals surface area (Å²) in [6.45, 7) is 8.58. The molecule has 0 radical (unpaired) electrons. The van der Waals surface area contributed by atoms with Gasteiger partial charge in [-0.15, -0.1) is 0 Å². The summed E-state index contributed by atoms with van der Waals surface area (Å²) in [6, 6.07) is 20.6. The number of carbonyl (C=O) groups is 2. The van der Waals surface area contributed by atoms with Crippen LogP contribution >= 0.6 is 0 Å². The first-order chi connectivity index (χ1) is 15.8. The first-order valence-corrected chi connectivity index (χ1v) is 11.2. The topological polar surface area (TPSA) is 52.6 Å². The number of allylic oxidation sites excluding steroid dienone is 1. The fourth-order valence-electron chi connectivity index (χ4n) is 4.11. The Morgan fingerprint density at radius 2 is 1.55 bits per heavy atom. The molecule has 0 N–H and O–H groups in total. The van der Waals surface area contributed by atoms with Crippen molar-refractivity contribution >= 4 is 17.5 Å². The van der Waals surface area contributed by atoms with Gasteiger partial charge in [-0.3, -0.25) is 0 Å². The van der Waals surface area contributed by atoms with Gasteiger partial charge in [0, 0.05) is 0 Å². The van der Waals surface area contributed by atoms with Gasteiger partial charge in [0.1, 0.15) is 5.75 Å². The van der Waals surface area contributed by atoms with Gasteiger partial charge in [-0.1, -0.05) is 55.8 Å². The molecule has 0 amide bonds. The molecule has 0 atom stereocenters. The van der Waals surface area contributed by atoms with Gasteiger partial charge < -0.3 is 9.47 Å². The molecule has 3 aromatic carbocycles. The molecule has 0 spiro atoms. The van der Waals surface area contributed by atoms with Gasteiger partial charge >= 0.3 is 11.9 Å². The average molecular weight is 441 g/mol. The highest BCUT2D eigenvalue weighted by molar-refractivity contribution is 5.94. The smallest absolute Gasteiger partial charge is 0.343 e. The zero-order chi connectivity index (χ0) is 23.6. The summed E-state index contributed by atoms with van der Waals surface area (Å²) in [4.78, 5) is 24.8. The van der Waals surface area contributed by atoms with Crippen LogP contribution in [-0.4, -0.2) is 18.5 Å². The van der Waals surface area contributed by atoms with Crippen LogP contribution in [0.1, 0.15) is 70.2 Å². The van der Waals surface area contributed by atoms with E-state index >= 15 is 0 Å². The molecule has 1 aliphatic carbocycles. The van der Waals surface area contributed by atoms with Crippen molar-refractivity contribution in [2.75, 3.05) is 6.61 Å². The Morgan fingerprint density at radius 1 is 0.879 bits per heavy atom. The second-order valence-corrected chi connectivity index (χ2v) is 8.97. The van der Waals surface area contributed by atoms with Gasteiger partial charge in [-0.05, 0) is 84.3 Å². The maximum atomic E-state index is 12.9. The van der Waals surface area contributed by atoms with Gasteiger partial charge in [0.25, 0.3) is 0 Å². The number of carbonyl (C=O) groups excluding carboxylic acids is 2. The van der Waals surface area contributed by atoms with E-state index in [0.29, 0.717) is 23.5 Å². The zero-order valence-corrected chi connectivity index (χ0v) is 19.5. The molecule has 1 aliphatic rings. The van der Waals surface area contributed by atoms with E-state index in [-0.39, 0.29) is 5.41 Å². The molecule has 3 aromatic rings. The largest absolute Gasteiger partial charge is 0.462 e. The highest BCUT2D eigenvalue weighted by Crippen LogP contribution is 2.41. The van der Waals surface area contributed by atoms with E-state index in [1.165, 1.54) is 11.1 Å². The summed E-state index contributed by atoms with van der Waals surface area (Å²) in [5, 5.41) is 0. The maximum absolute atomic E-state index is 12.9. The van der Waals surface area contributed by atoms with Crippen LogP contribution in [0.15, 0.2) is 72.8 Å². The first-order valence-electron chi connectivity index (χ1n) is 11.2. The van der Waals surface area contributed by atoms with Crippen molar-refractivity contribution in [1.29, 1.82) is 0 Å². The number of benzene rings is 3. The number of hydrogen-bond acceptors (Lipinski definition) is 4. The van der Waals surface area contributed by atoms with E-state index in [2.05, 4.69) is 51.1 Å². The maximum Gasteiger partial charge on any atom is 0.343 e. The van der Waals surface area contributed by atoms with Crippen LogP contribution in [0.5, 0.6) is 5.75 Å². The normalized spacial score (nSPS) is 14.1.